The van der Waals surface area contributed by atoms with Crippen molar-refractivity contribution in [3.63, 3.8) is 0 Å². The van der Waals surface area contributed by atoms with Crippen molar-refractivity contribution in [2.75, 3.05) is 0 Å². The third-order valence-electron chi connectivity index (χ3n) is 4.71. The number of carbonyl (C=O) groups is 1. The molecule has 0 radical (unpaired) electrons. The van der Waals surface area contributed by atoms with E-state index in [1.807, 2.05) is 0 Å². The van der Waals surface area contributed by atoms with Crippen LogP contribution < -0.4 is 0 Å². The highest BCUT2D eigenvalue weighted by Gasteiger charge is 2.34. The average molecular weight is 282 g/mol. The van der Waals surface area contributed by atoms with Crippen molar-refractivity contribution in [1.82, 2.24) is 0 Å². The minimum absolute atomic E-state index is 0.351. The van der Waals surface area contributed by atoms with Crippen molar-refractivity contribution in [3.05, 3.63) is 0 Å². The summed E-state index contributed by atoms with van der Waals surface area (Å²) < 4.78 is 0. The van der Waals surface area contributed by atoms with Gasteiger partial charge in [0.1, 0.15) is 0 Å². The molecule has 1 aliphatic rings. The molecule has 2 nitrogen and oxygen atoms in total. The molecule has 1 saturated carbocycles. The van der Waals surface area contributed by atoms with Crippen molar-refractivity contribution in [2.45, 2.75) is 96.8 Å². The zero-order valence-corrected chi connectivity index (χ0v) is 13.4. The summed E-state index contributed by atoms with van der Waals surface area (Å²) in [5.74, 6) is 1.41. The second kappa shape index (κ2) is 11.2. The van der Waals surface area contributed by atoms with Crippen molar-refractivity contribution in [2.24, 2.45) is 11.8 Å². The van der Waals surface area contributed by atoms with Crippen LogP contribution in [0.2, 0.25) is 0 Å². The van der Waals surface area contributed by atoms with E-state index in [1.54, 1.807) is 0 Å². The lowest BCUT2D eigenvalue weighted by molar-refractivity contribution is -0.137. The van der Waals surface area contributed by atoms with E-state index >= 15 is 0 Å². The highest BCUT2D eigenvalue weighted by Crippen LogP contribution is 2.45. The number of unbranched alkanes of at least 4 members (excludes halogenated alkanes) is 8. The van der Waals surface area contributed by atoms with Gasteiger partial charge in [-0.2, -0.15) is 0 Å². The first-order chi connectivity index (χ1) is 9.74. The van der Waals surface area contributed by atoms with Crippen LogP contribution in [-0.2, 0) is 4.79 Å². The molecule has 0 saturated heterocycles. The molecule has 2 heteroatoms. The maximum absolute atomic E-state index is 10.4. The van der Waals surface area contributed by atoms with Crippen molar-refractivity contribution < 1.29 is 9.90 Å². The summed E-state index contributed by atoms with van der Waals surface area (Å²) in [5.41, 5.74) is 0. The summed E-state index contributed by atoms with van der Waals surface area (Å²) in [6, 6.07) is 0. The molecule has 1 N–H and O–H groups in total. The second-order valence-electron chi connectivity index (χ2n) is 6.66. The Morgan fingerprint density at radius 3 is 1.90 bits per heavy atom. The minimum atomic E-state index is -0.647. The standard InChI is InChI=1S/C18H34O2/c1-2-3-4-5-6-9-12-16-15-17(16)13-10-7-8-11-14-18(19)20/h16-17H,2-15H2,1H3,(H,19,20). The van der Waals surface area contributed by atoms with E-state index in [0.717, 1.165) is 24.7 Å². The van der Waals surface area contributed by atoms with Crippen molar-refractivity contribution >= 4 is 5.97 Å². The molecule has 1 aliphatic carbocycles. The average Bonchev–Trinajstić information content (AvgIpc) is 3.16. The summed E-state index contributed by atoms with van der Waals surface area (Å²) in [5, 5.41) is 8.55. The van der Waals surface area contributed by atoms with Gasteiger partial charge in [-0.25, -0.2) is 0 Å². The molecule has 118 valence electrons. The van der Waals surface area contributed by atoms with Crippen LogP contribution in [0.25, 0.3) is 0 Å². The first kappa shape index (κ1) is 17.5. The maximum atomic E-state index is 10.4. The van der Waals surface area contributed by atoms with E-state index in [2.05, 4.69) is 6.92 Å². The predicted octanol–water partition coefficient (Wildman–Crippen LogP) is 5.80. The van der Waals surface area contributed by atoms with Crippen molar-refractivity contribution in [3.8, 4) is 0 Å². The summed E-state index contributed by atoms with van der Waals surface area (Å²) in [6.45, 7) is 2.27. The molecule has 0 aliphatic heterocycles. The largest absolute Gasteiger partial charge is 0.481 e. The van der Waals surface area contributed by atoms with Gasteiger partial charge in [0, 0.05) is 6.42 Å². The molecule has 1 rings (SSSR count). The Kier molecular flexibility index (Phi) is 9.78. The Labute approximate surface area is 125 Å². The third kappa shape index (κ3) is 9.39. The van der Waals surface area contributed by atoms with Crippen molar-refractivity contribution in [1.29, 1.82) is 0 Å². The number of hydrogen-bond donors (Lipinski definition) is 1. The van der Waals surface area contributed by atoms with E-state index in [9.17, 15) is 4.79 Å². The molecule has 0 aromatic rings. The van der Waals surface area contributed by atoms with Gasteiger partial charge in [-0.05, 0) is 24.7 Å². The molecule has 2 unspecified atom stereocenters. The highest BCUT2D eigenvalue weighted by atomic mass is 16.4. The molecule has 0 bridgehead atoms. The Morgan fingerprint density at radius 2 is 1.35 bits per heavy atom. The van der Waals surface area contributed by atoms with Crippen LogP contribution in [-0.4, -0.2) is 11.1 Å². The summed E-state index contributed by atoms with van der Waals surface area (Å²) in [7, 11) is 0. The van der Waals surface area contributed by atoms with Crippen LogP contribution in [0.4, 0.5) is 0 Å². The first-order valence-corrected chi connectivity index (χ1v) is 8.95. The monoisotopic (exact) mass is 282 g/mol. The molecule has 0 amide bonds. The van der Waals surface area contributed by atoms with Gasteiger partial charge in [0.2, 0.25) is 0 Å². The van der Waals surface area contributed by atoms with Crippen LogP contribution in [0.1, 0.15) is 96.8 Å². The Hall–Kier alpha value is -0.530. The topological polar surface area (TPSA) is 37.3 Å². The Morgan fingerprint density at radius 1 is 0.850 bits per heavy atom. The van der Waals surface area contributed by atoms with E-state index in [0.29, 0.717) is 6.42 Å². The normalized spacial score (nSPS) is 21.1. The highest BCUT2D eigenvalue weighted by molar-refractivity contribution is 5.66. The van der Waals surface area contributed by atoms with Gasteiger partial charge in [0.15, 0.2) is 0 Å². The van der Waals surface area contributed by atoms with Gasteiger partial charge < -0.3 is 5.11 Å². The molecular weight excluding hydrogens is 248 g/mol. The molecule has 0 aromatic carbocycles. The van der Waals surface area contributed by atoms with Crippen LogP contribution in [0.3, 0.4) is 0 Å². The molecule has 0 heterocycles. The van der Waals surface area contributed by atoms with Gasteiger partial charge in [0.05, 0.1) is 0 Å². The van der Waals surface area contributed by atoms with Gasteiger partial charge >= 0.3 is 5.97 Å². The molecular formula is C18H34O2. The van der Waals surface area contributed by atoms with Gasteiger partial charge in [-0.3, -0.25) is 4.79 Å². The van der Waals surface area contributed by atoms with Gasteiger partial charge in [-0.1, -0.05) is 77.6 Å². The lowest BCUT2D eigenvalue weighted by Gasteiger charge is -2.02. The summed E-state index contributed by atoms with van der Waals surface area (Å²) in [6.07, 6.45) is 17.7. The number of hydrogen-bond acceptors (Lipinski definition) is 1. The van der Waals surface area contributed by atoms with Crippen LogP contribution in [0.15, 0.2) is 0 Å². The van der Waals surface area contributed by atoms with E-state index in [-0.39, 0.29) is 0 Å². The zero-order chi connectivity index (χ0) is 14.6. The Bertz CT molecular complexity index is 250. The van der Waals surface area contributed by atoms with Gasteiger partial charge in [-0.15, -0.1) is 0 Å². The summed E-state index contributed by atoms with van der Waals surface area (Å²) in [4.78, 5) is 10.4. The lowest BCUT2D eigenvalue weighted by Crippen LogP contribution is -1.93. The Balaban J connectivity index is 1.78. The quantitative estimate of drug-likeness (QED) is 0.409. The van der Waals surface area contributed by atoms with E-state index in [4.69, 9.17) is 5.11 Å². The second-order valence-corrected chi connectivity index (χ2v) is 6.66. The summed E-state index contributed by atoms with van der Waals surface area (Å²) >= 11 is 0. The molecule has 1 fully saturated rings. The molecule has 2 atom stereocenters. The fraction of sp³-hybridized carbons (Fsp3) is 0.944. The number of carboxylic acid groups (broad SMARTS) is 1. The lowest BCUT2D eigenvalue weighted by atomic mass is 10.0. The number of rotatable bonds is 14. The maximum Gasteiger partial charge on any atom is 0.303 e. The number of aliphatic carboxylic acids is 1. The van der Waals surface area contributed by atoms with E-state index < -0.39 is 5.97 Å². The fourth-order valence-corrected chi connectivity index (χ4v) is 3.24. The number of carboxylic acids is 1. The van der Waals surface area contributed by atoms with Crippen LogP contribution in [0, 0.1) is 11.8 Å². The first-order valence-electron chi connectivity index (χ1n) is 8.95. The minimum Gasteiger partial charge on any atom is -0.481 e. The zero-order valence-electron chi connectivity index (χ0n) is 13.4. The predicted molar refractivity (Wildman–Crippen MR) is 84.9 cm³/mol. The molecule has 20 heavy (non-hydrogen) atoms. The van der Waals surface area contributed by atoms with Crippen LogP contribution in [0.5, 0.6) is 0 Å². The smallest absolute Gasteiger partial charge is 0.303 e. The SMILES string of the molecule is CCCCCCCCC1CC1CCCCCCC(=O)O. The fourth-order valence-electron chi connectivity index (χ4n) is 3.24. The third-order valence-corrected chi connectivity index (χ3v) is 4.71. The molecule has 0 spiro atoms. The van der Waals surface area contributed by atoms with Crippen LogP contribution >= 0.6 is 0 Å². The van der Waals surface area contributed by atoms with E-state index in [1.165, 1.54) is 70.6 Å². The van der Waals surface area contributed by atoms with Gasteiger partial charge in [0.25, 0.3) is 0 Å². The molecule has 0 aromatic heterocycles.